The Balaban J connectivity index is 1.86. The van der Waals surface area contributed by atoms with Crippen molar-refractivity contribution in [3.05, 3.63) is 77.4 Å². The van der Waals surface area contributed by atoms with Crippen molar-refractivity contribution in [2.24, 2.45) is 0 Å². The molecule has 0 spiro atoms. The van der Waals surface area contributed by atoms with Crippen LogP contribution in [0, 0.1) is 11.3 Å². The van der Waals surface area contributed by atoms with Crippen molar-refractivity contribution >= 4 is 22.8 Å². The lowest BCUT2D eigenvalue weighted by atomic mass is 10.0. The number of rotatable bonds is 6. The molecule has 3 aromatic rings. The summed E-state index contributed by atoms with van der Waals surface area (Å²) in [6, 6.07) is 20.9. The molecule has 0 aromatic heterocycles. The quantitative estimate of drug-likeness (QED) is 0.523. The number of carbonyl (C=O) groups excluding carboxylic acids is 1. The van der Waals surface area contributed by atoms with Crippen LogP contribution in [0.4, 0.5) is 0 Å². The largest absolute Gasteiger partial charge is 0.497 e. The van der Waals surface area contributed by atoms with E-state index in [0.29, 0.717) is 17.9 Å². The van der Waals surface area contributed by atoms with Crippen LogP contribution >= 0.6 is 0 Å². The number of hydrogen-bond donors (Lipinski definition) is 1. The Morgan fingerprint density at radius 3 is 2.46 bits per heavy atom. The van der Waals surface area contributed by atoms with Crippen LogP contribution in [0.25, 0.3) is 16.8 Å². The fourth-order valence-electron chi connectivity index (χ4n) is 2.92. The highest BCUT2D eigenvalue weighted by atomic mass is 16.5. The smallest absolute Gasteiger partial charge is 0.262 e. The van der Waals surface area contributed by atoms with Gasteiger partial charge in [-0.15, -0.1) is 0 Å². The van der Waals surface area contributed by atoms with E-state index in [-0.39, 0.29) is 5.57 Å². The number of ether oxygens (including phenoxy) is 2. The van der Waals surface area contributed by atoms with E-state index in [0.717, 1.165) is 22.1 Å². The third-order valence-electron chi connectivity index (χ3n) is 4.42. The minimum Gasteiger partial charge on any atom is -0.497 e. The van der Waals surface area contributed by atoms with Crippen LogP contribution in [0.1, 0.15) is 11.1 Å². The number of benzene rings is 3. The van der Waals surface area contributed by atoms with Gasteiger partial charge in [-0.25, -0.2) is 0 Å². The lowest BCUT2D eigenvalue weighted by Gasteiger charge is -2.10. The Bertz CT molecular complexity index is 1060. The maximum absolute atomic E-state index is 12.5. The Hall–Kier alpha value is -3.78. The van der Waals surface area contributed by atoms with E-state index in [4.69, 9.17) is 9.47 Å². The fraction of sp³-hybridized carbons (Fsp3) is 0.130. The SMILES string of the molecule is COc1ccc(CNC(=O)/C(C#N)=C\c2c(OC)ccc3ccccc23)cc1. The Kier molecular flexibility index (Phi) is 5.93. The summed E-state index contributed by atoms with van der Waals surface area (Å²) in [4.78, 5) is 12.5. The highest BCUT2D eigenvalue weighted by molar-refractivity contribution is 6.04. The first-order valence-corrected chi connectivity index (χ1v) is 8.75. The molecule has 1 N–H and O–H groups in total. The van der Waals surface area contributed by atoms with Crippen molar-refractivity contribution in [1.29, 1.82) is 5.26 Å². The summed E-state index contributed by atoms with van der Waals surface area (Å²) in [6.07, 6.45) is 1.57. The first-order valence-electron chi connectivity index (χ1n) is 8.75. The standard InChI is InChI=1S/C23H20N2O3/c1-27-19-10-7-16(8-11-19)15-25-23(26)18(14-24)13-21-20-6-4-3-5-17(20)9-12-22(21)28-2/h3-13H,15H2,1-2H3,(H,25,26)/b18-13-. The van der Waals surface area contributed by atoms with Crippen molar-refractivity contribution in [1.82, 2.24) is 5.32 Å². The van der Waals surface area contributed by atoms with Gasteiger partial charge in [0.1, 0.15) is 23.1 Å². The maximum Gasteiger partial charge on any atom is 0.262 e. The van der Waals surface area contributed by atoms with Crippen molar-refractivity contribution in [2.75, 3.05) is 14.2 Å². The van der Waals surface area contributed by atoms with Crippen LogP contribution < -0.4 is 14.8 Å². The summed E-state index contributed by atoms with van der Waals surface area (Å²) >= 11 is 0. The molecule has 3 aromatic carbocycles. The van der Waals surface area contributed by atoms with Crippen LogP contribution in [0.5, 0.6) is 11.5 Å². The molecule has 0 heterocycles. The summed E-state index contributed by atoms with van der Waals surface area (Å²) < 4.78 is 10.6. The van der Waals surface area contributed by atoms with Gasteiger partial charge in [-0.3, -0.25) is 4.79 Å². The van der Waals surface area contributed by atoms with E-state index in [2.05, 4.69) is 5.32 Å². The Labute approximate surface area is 163 Å². The molecular formula is C23H20N2O3. The Morgan fingerprint density at radius 2 is 1.79 bits per heavy atom. The zero-order chi connectivity index (χ0) is 19.9. The molecule has 0 unspecified atom stereocenters. The third-order valence-corrected chi connectivity index (χ3v) is 4.42. The van der Waals surface area contributed by atoms with Crippen molar-refractivity contribution in [3.8, 4) is 17.6 Å². The first-order chi connectivity index (χ1) is 13.7. The first kappa shape index (κ1) is 19.0. The van der Waals surface area contributed by atoms with Gasteiger partial charge in [0.2, 0.25) is 0 Å². The topological polar surface area (TPSA) is 71.3 Å². The number of carbonyl (C=O) groups is 1. The average molecular weight is 372 g/mol. The molecule has 0 saturated heterocycles. The lowest BCUT2D eigenvalue weighted by molar-refractivity contribution is -0.117. The molecular weight excluding hydrogens is 352 g/mol. The highest BCUT2D eigenvalue weighted by Gasteiger charge is 2.13. The van der Waals surface area contributed by atoms with Crippen LogP contribution in [-0.2, 0) is 11.3 Å². The van der Waals surface area contributed by atoms with Gasteiger partial charge in [-0.2, -0.15) is 5.26 Å². The van der Waals surface area contributed by atoms with E-state index in [1.165, 1.54) is 0 Å². The molecule has 0 atom stereocenters. The molecule has 0 radical (unpaired) electrons. The second-order valence-electron chi connectivity index (χ2n) is 6.10. The fourth-order valence-corrected chi connectivity index (χ4v) is 2.92. The maximum atomic E-state index is 12.5. The van der Waals surface area contributed by atoms with Gasteiger partial charge in [-0.05, 0) is 40.6 Å². The minimum absolute atomic E-state index is 0.0168. The lowest BCUT2D eigenvalue weighted by Crippen LogP contribution is -2.23. The van der Waals surface area contributed by atoms with Gasteiger partial charge in [0.05, 0.1) is 14.2 Å². The normalized spacial score (nSPS) is 11.0. The second-order valence-corrected chi connectivity index (χ2v) is 6.10. The Morgan fingerprint density at radius 1 is 1.04 bits per heavy atom. The second kappa shape index (κ2) is 8.74. The van der Waals surface area contributed by atoms with Crippen molar-refractivity contribution < 1.29 is 14.3 Å². The highest BCUT2D eigenvalue weighted by Crippen LogP contribution is 2.30. The molecule has 3 rings (SSSR count). The average Bonchev–Trinajstić information content (AvgIpc) is 2.75. The summed E-state index contributed by atoms with van der Waals surface area (Å²) in [5.41, 5.74) is 1.63. The van der Waals surface area contributed by atoms with Crippen molar-refractivity contribution in [2.45, 2.75) is 6.54 Å². The van der Waals surface area contributed by atoms with Gasteiger partial charge in [0.15, 0.2) is 0 Å². The summed E-state index contributed by atoms with van der Waals surface area (Å²) in [5, 5.41) is 14.2. The van der Waals surface area contributed by atoms with Crippen molar-refractivity contribution in [3.63, 3.8) is 0 Å². The number of amides is 1. The molecule has 0 aliphatic carbocycles. The number of nitriles is 1. The van der Waals surface area contributed by atoms with E-state index in [1.54, 1.807) is 20.3 Å². The van der Waals surface area contributed by atoms with Gasteiger partial charge >= 0.3 is 0 Å². The van der Waals surface area contributed by atoms with E-state index in [1.807, 2.05) is 66.7 Å². The molecule has 0 saturated carbocycles. The van der Waals surface area contributed by atoms with Crippen LogP contribution in [0.15, 0.2) is 66.2 Å². The van der Waals surface area contributed by atoms with Crippen LogP contribution in [0.3, 0.4) is 0 Å². The third kappa shape index (κ3) is 4.13. The van der Waals surface area contributed by atoms with E-state index < -0.39 is 5.91 Å². The summed E-state index contributed by atoms with van der Waals surface area (Å²) in [6.45, 7) is 0.314. The minimum atomic E-state index is -0.437. The molecule has 28 heavy (non-hydrogen) atoms. The predicted molar refractivity (Wildman–Crippen MR) is 109 cm³/mol. The zero-order valence-electron chi connectivity index (χ0n) is 15.7. The number of fused-ring (bicyclic) bond motifs is 1. The van der Waals surface area contributed by atoms with Gasteiger partial charge in [-0.1, -0.05) is 42.5 Å². The summed E-state index contributed by atoms with van der Waals surface area (Å²) in [7, 11) is 3.17. The molecule has 5 nitrogen and oxygen atoms in total. The molecule has 5 heteroatoms. The molecule has 0 fully saturated rings. The monoisotopic (exact) mass is 372 g/mol. The van der Waals surface area contributed by atoms with Gasteiger partial charge in [0, 0.05) is 12.1 Å². The number of methoxy groups -OCH3 is 2. The molecule has 0 bridgehead atoms. The molecule has 1 amide bonds. The zero-order valence-corrected chi connectivity index (χ0v) is 15.7. The van der Waals surface area contributed by atoms with E-state index >= 15 is 0 Å². The van der Waals surface area contributed by atoms with Gasteiger partial charge in [0.25, 0.3) is 5.91 Å². The number of hydrogen-bond acceptors (Lipinski definition) is 4. The van der Waals surface area contributed by atoms with E-state index in [9.17, 15) is 10.1 Å². The number of nitrogens with one attached hydrogen (secondary N) is 1. The molecule has 0 aliphatic heterocycles. The molecule has 140 valence electrons. The predicted octanol–water partition coefficient (Wildman–Crippen LogP) is 4.08. The van der Waals surface area contributed by atoms with Crippen LogP contribution in [0.2, 0.25) is 0 Å². The molecule has 0 aliphatic rings. The summed E-state index contributed by atoms with van der Waals surface area (Å²) in [5.74, 6) is 0.915. The van der Waals surface area contributed by atoms with Gasteiger partial charge < -0.3 is 14.8 Å². The number of nitrogens with zero attached hydrogens (tertiary/aromatic N) is 1. The van der Waals surface area contributed by atoms with Crippen LogP contribution in [-0.4, -0.2) is 20.1 Å².